The third-order valence-electron chi connectivity index (χ3n) is 5.58. The lowest BCUT2D eigenvalue weighted by molar-refractivity contribution is -0.137. The molecule has 2 fully saturated rings. The summed E-state index contributed by atoms with van der Waals surface area (Å²) >= 11 is 0. The third-order valence-corrected chi connectivity index (χ3v) is 5.58. The molecule has 1 heterocycles. The molecule has 6 nitrogen and oxygen atoms in total. The Morgan fingerprint density at radius 2 is 1.97 bits per heavy atom. The lowest BCUT2D eigenvalue weighted by Gasteiger charge is -2.20. The summed E-state index contributed by atoms with van der Waals surface area (Å²) in [6, 6.07) is 3.80. The maximum atomic E-state index is 12.8. The minimum Gasteiger partial charge on any atom is -0.350 e. The maximum Gasteiger partial charge on any atom is 0.416 e. The van der Waals surface area contributed by atoms with Gasteiger partial charge in [0, 0.05) is 13.0 Å². The molecule has 158 valence electrons. The van der Waals surface area contributed by atoms with Crippen molar-refractivity contribution in [2.75, 3.05) is 6.54 Å². The van der Waals surface area contributed by atoms with Crippen LogP contribution >= 0.6 is 0 Å². The second-order valence-corrected chi connectivity index (χ2v) is 7.69. The molecule has 1 aliphatic heterocycles. The third kappa shape index (κ3) is 4.54. The molecule has 1 saturated heterocycles. The molecule has 4 amide bonds. The number of halogens is 3. The number of hydrogen-bond donors (Lipinski definition) is 2. The number of imide groups is 1. The molecule has 1 saturated carbocycles. The zero-order chi connectivity index (χ0) is 21.2. The van der Waals surface area contributed by atoms with E-state index in [1.165, 1.54) is 12.1 Å². The fourth-order valence-corrected chi connectivity index (χ4v) is 3.98. The van der Waals surface area contributed by atoms with Gasteiger partial charge in [0.1, 0.15) is 5.54 Å². The standard InChI is InChI=1S/C20H24F3N3O3/c1-13(14-6-4-7-15(12-14)20(21,22)23)24-16(27)8-5-11-26-17(28)19(25-18(26)29)9-2-3-10-19/h4,6-7,12-13H,2-3,5,8-11H2,1H3,(H,24,27)(H,25,29). The summed E-state index contributed by atoms with van der Waals surface area (Å²) in [5.41, 5.74) is -1.18. The highest BCUT2D eigenvalue weighted by atomic mass is 19.4. The molecule has 0 aromatic heterocycles. The van der Waals surface area contributed by atoms with Gasteiger partial charge in [-0.3, -0.25) is 14.5 Å². The van der Waals surface area contributed by atoms with Crippen molar-refractivity contribution in [3.8, 4) is 0 Å². The van der Waals surface area contributed by atoms with E-state index in [9.17, 15) is 27.6 Å². The Labute approximate surface area is 166 Å². The van der Waals surface area contributed by atoms with Crippen LogP contribution in [0.25, 0.3) is 0 Å². The van der Waals surface area contributed by atoms with Gasteiger partial charge in [-0.25, -0.2) is 4.79 Å². The molecule has 1 aromatic carbocycles. The number of rotatable bonds is 6. The van der Waals surface area contributed by atoms with Crippen molar-refractivity contribution in [2.45, 2.75) is 63.2 Å². The molecule has 0 radical (unpaired) electrons. The minimum absolute atomic E-state index is 0.0629. The number of alkyl halides is 3. The molecule has 2 N–H and O–H groups in total. The van der Waals surface area contributed by atoms with Crippen LogP contribution in [0.5, 0.6) is 0 Å². The van der Waals surface area contributed by atoms with Crippen LogP contribution in [0, 0.1) is 0 Å². The highest BCUT2D eigenvalue weighted by Crippen LogP contribution is 2.35. The monoisotopic (exact) mass is 411 g/mol. The van der Waals surface area contributed by atoms with Gasteiger partial charge in [0.05, 0.1) is 11.6 Å². The van der Waals surface area contributed by atoms with Crippen molar-refractivity contribution in [1.82, 2.24) is 15.5 Å². The van der Waals surface area contributed by atoms with Crippen LogP contribution in [0.2, 0.25) is 0 Å². The number of carbonyl (C=O) groups is 3. The Morgan fingerprint density at radius 1 is 1.28 bits per heavy atom. The normalized spacial score (nSPS) is 19.5. The first kappa shape index (κ1) is 21.1. The molecule has 1 aliphatic carbocycles. The molecule has 1 spiro atoms. The number of nitrogens with zero attached hydrogens (tertiary/aromatic N) is 1. The van der Waals surface area contributed by atoms with Gasteiger partial charge >= 0.3 is 12.2 Å². The van der Waals surface area contributed by atoms with E-state index >= 15 is 0 Å². The molecule has 2 aliphatic rings. The number of amides is 4. The van der Waals surface area contributed by atoms with Crippen molar-refractivity contribution in [3.05, 3.63) is 35.4 Å². The van der Waals surface area contributed by atoms with Crippen LogP contribution in [0.3, 0.4) is 0 Å². The highest BCUT2D eigenvalue weighted by Gasteiger charge is 2.52. The first-order valence-corrected chi connectivity index (χ1v) is 9.73. The molecular weight excluding hydrogens is 387 g/mol. The minimum atomic E-state index is -4.45. The Kier molecular flexibility index (Phi) is 5.86. The van der Waals surface area contributed by atoms with E-state index in [4.69, 9.17) is 0 Å². The fraction of sp³-hybridized carbons (Fsp3) is 0.550. The smallest absolute Gasteiger partial charge is 0.350 e. The molecule has 1 aromatic rings. The van der Waals surface area contributed by atoms with Crippen molar-refractivity contribution in [1.29, 1.82) is 0 Å². The van der Waals surface area contributed by atoms with Gasteiger partial charge in [0.25, 0.3) is 5.91 Å². The predicted molar refractivity (Wildman–Crippen MR) is 98.7 cm³/mol. The highest BCUT2D eigenvalue weighted by molar-refractivity contribution is 6.07. The van der Waals surface area contributed by atoms with E-state index < -0.39 is 29.4 Å². The van der Waals surface area contributed by atoms with Crippen molar-refractivity contribution >= 4 is 17.8 Å². The van der Waals surface area contributed by atoms with Gasteiger partial charge in [-0.2, -0.15) is 13.2 Å². The summed E-state index contributed by atoms with van der Waals surface area (Å²) in [4.78, 5) is 38.0. The SMILES string of the molecule is CC(NC(=O)CCCN1C(=O)NC2(CCCC2)C1=O)c1cccc(C(F)(F)F)c1. The molecule has 1 unspecified atom stereocenters. The van der Waals surface area contributed by atoms with Gasteiger partial charge in [0.15, 0.2) is 0 Å². The van der Waals surface area contributed by atoms with Crippen LogP contribution in [0.4, 0.5) is 18.0 Å². The maximum absolute atomic E-state index is 12.8. The lowest BCUT2D eigenvalue weighted by Crippen LogP contribution is -2.44. The summed E-state index contributed by atoms with van der Waals surface area (Å²) in [5, 5.41) is 5.44. The fourth-order valence-electron chi connectivity index (χ4n) is 3.98. The van der Waals surface area contributed by atoms with E-state index in [1.807, 2.05) is 0 Å². The molecule has 0 bridgehead atoms. The van der Waals surface area contributed by atoms with E-state index in [0.29, 0.717) is 18.4 Å². The quantitative estimate of drug-likeness (QED) is 0.703. The van der Waals surface area contributed by atoms with E-state index in [0.717, 1.165) is 29.9 Å². The molecule has 29 heavy (non-hydrogen) atoms. The molecule has 1 atom stereocenters. The largest absolute Gasteiger partial charge is 0.416 e. The van der Waals surface area contributed by atoms with E-state index in [-0.39, 0.29) is 31.2 Å². The topological polar surface area (TPSA) is 78.5 Å². The number of benzene rings is 1. The first-order chi connectivity index (χ1) is 13.6. The molecular formula is C20H24F3N3O3. The van der Waals surface area contributed by atoms with Gasteiger partial charge in [-0.05, 0) is 43.9 Å². The van der Waals surface area contributed by atoms with Gasteiger partial charge in [-0.15, -0.1) is 0 Å². The van der Waals surface area contributed by atoms with Gasteiger partial charge in [0.2, 0.25) is 5.91 Å². The number of nitrogens with one attached hydrogen (secondary N) is 2. The van der Waals surface area contributed by atoms with Crippen LogP contribution in [0.15, 0.2) is 24.3 Å². The van der Waals surface area contributed by atoms with Crippen LogP contribution in [-0.4, -0.2) is 34.8 Å². The lowest BCUT2D eigenvalue weighted by atomic mass is 9.98. The molecule has 3 rings (SSSR count). The number of carbonyl (C=O) groups excluding carboxylic acids is 3. The average Bonchev–Trinajstić information content (AvgIpc) is 3.21. The summed E-state index contributed by atoms with van der Waals surface area (Å²) in [7, 11) is 0. The van der Waals surface area contributed by atoms with Gasteiger partial charge in [-0.1, -0.05) is 25.0 Å². The second kappa shape index (κ2) is 8.04. The molecule has 9 heteroatoms. The van der Waals surface area contributed by atoms with Crippen LogP contribution < -0.4 is 10.6 Å². The Morgan fingerprint density at radius 3 is 2.62 bits per heavy atom. The summed E-state index contributed by atoms with van der Waals surface area (Å²) in [6.45, 7) is 1.74. The average molecular weight is 411 g/mol. The van der Waals surface area contributed by atoms with Gasteiger partial charge < -0.3 is 10.6 Å². The zero-order valence-corrected chi connectivity index (χ0v) is 16.1. The van der Waals surface area contributed by atoms with Crippen molar-refractivity contribution in [2.24, 2.45) is 0 Å². The predicted octanol–water partition coefficient (Wildman–Crippen LogP) is 3.53. The Balaban J connectivity index is 1.49. The first-order valence-electron chi connectivity index (χ1n) is 9.73. The van der Waals surface area contributed by atoms with Crippen molar-refractivity contribution < 1.29 is 27.6 Å². The zero-order valence-electron chi connectivity index (χ0n) is 16.1. The summed E-state index contributed by atoms with van der Waals surface area (Å²) in [6.07, 6.45) is -1.01. The summed E-state index contributed by atoms with van der Waals surface area (Å²) < 4.78 is 38.5. The van der Waals surface area contributed by atoms with Crippen LogP contribution in [-0.2, 0) is 15.8 Å². The second-order valence-electron chi connectivity index (χ2n) is 7.69. The summed E-state index contributed by atoms with van der Waals surface area (Å²) in [5.74, 6) is -0.574. The Bertz CT molecular complexity index is 804. The van der Waals surface area contributed by atoms with Crippen LogP contribution in [0.1, 0.15) is 62.6 Å². The number of urea groups is 1. The Hall–Kier alpha value is -2.58. The number of hydrogen-bond acceptors (Lipinski definition) is 3. The van der Waals surface area contributed by atoms with E-state index in [2.05, 4.69) is 10.6 Å². The van der Waals surface area contributed by atoms with E-state index in [1.54, 1.807) is 6.92 Å². The van der Waals surface area contributed by atoms with Crippen molar-refractivity contribution in [3.63, 3.8) is 0 Å².